The van der Waals surface area contributed by atoms with Crippen molar-refractivity contribution in [3.63, 3.8) is 0 Å². The van der Waals surface area contributed by atoms with Crippen LogP contribution in [0.1, 0.15) is 34.6 Å². The van der Waals surface area contributed by atoms with Gasteiger partial charge in [0, 0.05) is 21.1 Å². The van der Waals surface area contributed by atoms with E-state index in [4.69, 9.17) is 0 Å². The Morgan fingerprint density at radius 3 is 1.00 bits per heavy atom. The molecule has 0 spiro atoms. The molecule has 0 aromatic heterocycles. The first-order valence-electron chi connectivity index (χ1n) is 6.04. The molecule has 1 heteroatoms. The smallest absolute Gasteiger partial charge is 0 e. The molecule has 1 aliphatic carbocycles. The van der Waals surface area contributed by atoms with E-state index in [0.717, 1.165) is 17.8 Å². The van der Waals surface area contributed by atoms with E-state index in [-0.39, 0.29) is 28.5 Å². The standard InChI is InChI=1S/C14H26.CH3.W/c1-8-9(2)11(4)13(6)14(7)12(5)10(8)3;;/h8-14H,1-2H2,3-7H3;1H3;/q-2;-1;. The molecular formula is C15H29W-3. The van der Waals surface area contributed by atoms with E-state index in [0.29, 0.717) is 23.7 Å². The van der Waals surface area contributed by atoms with Crippen molar-refractivity contribution in [3.05, 3.63) is 21.3 Å². The quantitative estimate of drug-likeness (QED) is 0.419. The fraction of sp³-hybridized carbons (Fsp3) is 0.800. The molecule has 0 aliphatic heterocycles. The SMILES string of the molecule is [CH2-]C1C([CH2-])C(C)C(C)C(C)C(C)C1C.[CH3-].[W]. The van der Waals surface area contributed by atoms with Gasteiger partial charge in [-0.15, -0.1) is 0 Å². The van der Waals surface area contributed by atoms with E-state index in [1.54, 1.807) is 0 Å². The number of hydrogen-bond acceptors (Lipinski definition) is 0. The minimum atomic E-state index is 0. The Kier molecular flexibility index (Phi) is 8.56. The van der Waals surface area contributed by atoms with E-state index in [9.17, 15) is 0 Å². The van der Waals surface area contributed by atoms with Crippen LogP contribution in [0.4, 0.5) is 0 Å². The van der Waals surface area contributed by atoms with E-state index in [2.05, 4.69) is 48.5 Å². The summed E-state index contributed by atoms with van der Waals surface area (Å²) < 4.78 is 0. The zero-order valence-corrected chi connectivity index (χ0v) is 14.8. The van der Waals surface area contributed by atoms with Gasteiger partial charge in [-0.1, -0.05) is 46.5 Å². The molecular weight excluding hydrogens is 364 g/mol. The van der Waals surface area contributed by atoms with Crippen molar-refractivity contribution in [1.29, 1.82) is 0 Å². The maximum atomic E-state index is 4.33. The summed E-state index contributed by atoms with van der Waals surface area (Å²) >= 11 is 0. The predicted octanol–water partition coefficient (Wildman–Crippen LogP) is 4.53. The molecule has 6 unspecified atom stereocenters. The van der Waals surface area contributed by atoms with Gasteiger partial charge < -0.3 is 21.3 Å². The van der Waals surface area contributed by atoms with Crippen molar-refractivity contribution in [2.24, 2.45) is 41.4 Å². The van der Waals surface area contributed by atoms with Crippen molar-refractivity contribution in [1.82, 2.24) is 0 Å². The van der Waals surface area contributed by atoms with Crippen LogP contribution in [0.2, 0.25) is 0 Å². The Balaban J connectivity index is 0. The molecule has 1 fully saturated rings. The molecule has 0 aromatic carbocycles. The second-order valence-electron chi connectivity index (χ2n) is 5.62. The van der Waals surface area contributed by atoms with Crippen molar-refractivity contribution in [2.75, 3.05) is 0 Å². The van der Waals surface area contributed by atoms with Gasteiger partial charge in [0.25, 0.3) is 0 Å². The van der Waals surface area contributed by atoms with Gasteiger partial charge in [-0.05, 0) is 17.8 Å². The summed E-state index contributed by atoms with van der Waals surface area (Å²) in [7, 11) is 0. The van der Waals surface area contributed by atoms with Gasteiger partial charge >= 0.3 is 0 Å². The van der Waals surface area contributed by atoms with Gasteiger partial charge in [-0.3, -0.25) is 0 Å². The Labute approximate surface area is 118 Å². The Hall–Kier alpha value is 0.688. The minimum absolute atomic E-state index is 0. The average molecular weight is 393 g/mol. The largest absolute Gasteiger partial charge is 0.358 e. The summed E-state index contributed by atoms with van der Waals surface area (Å²) in [6.45, 7) is 20.5. The molecule has 0 nitrogen and oxygen atoms in total. The van der Waals surface area contributed by atoms with Gasteiger partial charge in [0.15, 0.2) is 0 Å². The molecule has 0 bridgehead atoms. The maximum absolute atomic E-state index is 4.33. The van der Waals surface area contributed by atoms with Crippen LogP contribution in [0, 0.1) is 62.7 Å². The molecule has 1 saturated carbocycles. The molecule has 0 N–H and O–H groups in total. The van der Waals surface area contributed by atoms with Crippen molar-refractivity contribution < 1.29 is 21.1 Å². The summed E-state index contributed by atoms with van der Waals surface area (Å²) in [6, 6.07) is 0. The fourth-order valence-corrected chi connectivity index (χ4v) is 3.00. The Bertz CT molecular complexity index is 117. The summed E-state index contributed by atoms with van der Waals surface area (Å²) in [6.07, 6.45) is 0. The Morgan fingerprint density at radius 2 is 0.750 bits per heavy atom. The molecule has 0 aromatic rings. The van der Waals surface area contributed by atoms with Crippen LogP contribution in [0.5, 0.6) is 0 Å². The molecule has 0 heterocycles. The summed E-state index contributed by atoms with van der Waals surface area (Å²) in [5, 5.41) is 0. The molecule has 98 valence electrons. The molecule has 1 aliphatic rings. The van der Waals surface area contributed by atoms with Crippen LogP contribution in [0.15, 0.2) is 0 Å². The monoisotopic (exact) mass is 393 g/mol. The van der Waals surface area contributed by atoms with Crippen molar-refractivity contribution in [3.8, 4) is 0 Å². The molecule has 16 heavy (non-hydrogen) atoms. The third kappa shape index (κ3) is 3.34. The predicted molar refractivity (Wildman–Crippen MR) is 69.9 cm³/mol. The van der Waals surface area contributed by atoms with E-state index >= 15 is 0 Å². The van der Waals surface area contributed by atoms with Crippen LogP contribution in [0.3, 0.4) is 0 Å². The summed E-state index contributed by atoms with van der Waals surface area (Å²) in [5.74, 6) is 4.82. The normalized spacial score (nSPS) is 48.6. The molecule has 0 amide bonds. The van der Waals surface area contributed by atoms with Crippen LogP contribution >= 0.6 is 0 Å². The van der Waals surface area contributed by atoms with Gasteiger partial charge in [0.2, 0.25) is 0 Å². The van der Waals surface area contributed by atoms with E-state index < -0.39 is 0 Å². The van der Waals surface area contributed by atoms with Crippen LogP contribution in [0.25, 0.3) is 0 Å². The van der Waals surface area contributed by atoms with Crippen LogP contribution in [-0.4, -0.2) is 0 Å². The van der Waals surface area contributed by atoms with Gasteiger partial charge in [-0.25, -0.2) is 0 Å². The zero-order valence-electron chi connectivity index (χ0n) is 11.9. The molecule has 0 radical (unpaired) electrons. The average Bonchev–Trinajstić information content (AvgIpc) is 2.23. The fourth-order valence-electron chi connectivity index (χ4n) is 3.00. The third-order valence-electron chi connectivity index (χ3n) is 5.22. The summed E-state index contributed by atoms with van der Waals surface area (Å²) in [5.41, 5.74) is 0. The first kappa shape index (κ1) is 19.0. The number of rotatable bonds is 0. The first-order valence-corrected chi connectivity index (χ1v) is 6.04. The Morgan fingerprint density at radius 1 is 0.562 bits per heavy atom. The van der Waals surface area contributed by atoms with Crippen LogP contribution in [-0.2, 0) is 21.1 Å². The third-order valence-corrected chi connectivity index (χ3v) is 5.22. The molecule has 6 atom stereocenters. The van der Waals surface area contributed by atoms with Crippen molar-refractivity contribution >= 4 is 0 Å². The minimum Gasteiger partial charge on any atom is -0.358 e. The number of hydrogen-bond donors (Lipinski definition) is 0. The van der Waals surface area contributed by atoms with Crippen LogP contribution < -0.4 is 0 Å². The second-order valence-corrected chi connectivity index (χ2v) is 5.62. The van der Waals surface area contributed by atoms with Gasteiger partial charge in [0.05, 0.1) is 0 Å². The maximum Gasteiger partial charge on any atom is 0 e. The first-order chi connectivity index (χ1) is 6.37. The van der Waals surface area contributed by atoms with Crippen molar-refractivity contribution in [2.45, 2.75) is 34.6 Å². The summed E-state index contributed by atoms with van der Waals surface area (Å²) in [4.78, 5) is 0. The second kappa shape index (κ2) is 7.20. The topological polar surface area (TPSA) is 0 Å². The van der Waals surface area contributed by atoms with E-state index in [1.165, 1.54) is 0 Å². The molecule has 0 saturated heterocycles. The van der Waals surface area contributed by atoms with Gasteiger partial charge in [0.1, 0.15) is 0 Å². The van der Waals surface area contributed by atoms with Gasteiger partial charge in [-0.2, -0.15) is 11.8 Å². The van der Waals surface area contributed by atoms with E-state index in [1.807, 2.05) is 0 Å². The zero-order chi connectivity index (χ0) is 11.0. The molecule has 1 rings (SSSR count).